The summed E-state index contributed by atoms with van der Waals surface area (Å²) >= 11 is 1.73. The zero-order chi connectivity index (χ0) is 14.7. The Morgan fingerprint density at radius 3 is 2.90 bits per heavy atom. The molecule has 110 valence electrons. The zero-order valence-electron chi connectivity index (χ0n) is 12.5. The number of guanidine groups is 1. The van der Waals surface area contributed by atoms with Gasteiger partial charge in [0.05, 0.1) is 6.54 Å². The van der Waals surface area contributed by atoms with Gasteiger partial charge in [-0.1, -0.05) is 24.3 Å². The van der Waals surface area contributed by atoms with Crippen LogP contribution < -0.4 is 5.32 Å². The Morgan fingerprint density at radius 1 is 1.38 bits per heavy atom. The number of hydrogen-bond acceptors (Lipinski definition) is 3. The maximum absolute atomic E-state index is 4.41. The monoisotopic (exact) mass is 300 g/mol. The van der Waals surface area contributed by atoms with Gasteiger partial charge >= 0.3 is 0 Å². The Bertz CT molecular complexity index is 647. The molecule has 0 saturated carbocycles. The molecule has 5 heteroatoms. The minimum absolute atomic E-state index is 0.739. The van der Waals surface area contributed by atoms with E-state index in [9.17, 15) is 0 Å². The van der Waals surface area contributed by atoms with Gasteiger partial charge < -0.3 is 10.2 Å². The number of thiazole rings is 1. The van der Waals surface area contributed by atoms with Crippen LogP contribution in [0.1, 0.15) is 21.0 Å². The van der Waals surface area contributed by atoms with Crippen molar-refractivity contribution in [2.75, 3.05) is 13.6 Å². The van der Waals surface area contributed by atoms with Crippen molar-refractivity contribution in [1.82, 2.24) is 15.2 Å². The summed E-state index contributed by atoms with van der Waals surface area (Å²) in [4.78, 5) is 12.4. The van der Waals surface area contributed by atoms with E-state index in [0.717, 1.165) is 37.0 Å². The van der Waals surface area contributed by atoms with Crippen LogP contribution in [0.5, 0.6) is 0 Å². The van der Waals surface area contributed by atoms with E-state index in [4.69, 9.17) is 0 Å². The van der Waals surface area contributed by atoms with Gasteiger partial charge in [-0.25, -0.2) is 4.98 Å². The molecule has 0 atom stereocenters. The number of fused-ring (bicyclic) bond motifs is 1. The predicted octanol–water partition coefficient (Wildman–Crippen LogP) is 2.59. The second kappa shape index (κ2) is 6.26. The van der Waals surface area contributed by atoms with Crippen molar-refractivity contribution >= 4 is 17.3 Å². The quantitative estimate of drug-likeness (QED) is 0.684. The minimum Gasteiger partial charge on any atom is -0.350 e. The van der Waals surface area contributed by atoms with Crippen LogP contribution in [0.4, 0.5) is 0 Å². The Labute approximate surface area is 129 Å². The number of rotatable bonds is 2. The zero-order valence-corrected chi connectivity index (χ0v) is 13.3. The smallest absolute Gasteiger partial charge is 0.194 e. The van der Waals surface area contributed by atoms with E-state index in [1.807, 2.05) is 13.2 Å². The lowest BCUT2D eigenvalue weighted by atomic mass is 10.0. The van der Waals surface area contributed by atoms with E-state index >= 15 is 0 Å². The lowest BCUT2D eigenvalue weighted by Crippen LogP contribution is -2.43. The summed E-state index contributed by atoms with van der Waals surface area (Å²) in [6.07, 6.45) is 2.99. The molecule has 0 bridgehead atoms. The molecule has 4 nitrogen and oxygen atoms in total. The molecule has 1 aliphatic heterocycles. The van der Waals surface area contributed by atoms with Crippen LogP contribution in [0.2, 0.25) is 0 Å². The highest BCUT2D eigenvalue weighted by atomic mass is 32.1. The topological polar surface area (TPSA) is 40.5 Å². The summed E-state index contributed by atoms with van der Waals surface area (Å²) in [5.74, 6) is 0.956. The van der Waals surface area contributed by atoms with E-state index in [-0.39, 0.29) is 0 Å². The third-order valence-corrected chi connectivity index (χ3v) is 4.62. The van der Waals surface area contributed by atoms with Gasteiger partial charge in [-0.2, -0.15) is 0 Å². The fourth-order valence-electron chi connectivity index (χ4n) is 2.65. The van der Waals surface area contributed by atoms with Crippen molar-refractivity contribution in [3.63, 3.8) is 0 Å². The van der Waals surface area contributed by atoms with Crippen molar-refractivity contribution in [2.45, 2.75) is 26.4 Å². The molecule has 0 radical (unpaired) electrons. The van der Waals surface area contributed by atoms with Crippen molar-refractivity contribution in [3.05, 3.63) is 51.5 Å². The number of nitrogens with zero attached hydrogens (tertiary/aromatic N) is 3. The van der Waals surface area contributed by atoms with E-state index in [0.29, 0.717) is 0 Å². The molecule has 1 aliphatic rings. The minimum atomic E-state index is 0.739. The molecule has 3 rings (SSSR count). The standard InChI is InChI=1S/C16H20N4S/c1-12-9-18-15(21-12)10-19-16(17-2)20-8-7-13-5-3-4-6-14(13)11-20/h3-6,9H,7-8,10-11H2,1-2H3,(H,17,19). The van der Waals surface area contributed by atoms with Gasteiger partial charge in [-0.15, -0.1) is 11.3 Å². The van der Waals surface area contributed by atoms with Crippen LogP contribution in [0.25, 0.3) is 0 Å². The number of hydrogen-bond donors (Lipinski definition) is 1. The molecular formula is C16H20N4S. The highest BCUT2D eigenvalue weighted by Crippen LogP contribution is 2.18. The molecule has 0 unspecified atom stereocenters. The van der Waals surface area contributed by atoms with Crippen LogP contribution in [0.15, 0.2) is 35.5 Å². The molecule has 0 amide bonds. The molecule has 2 heterocycles. The fraction of sp³-hybridized carbons (Fsp3) is 0.375. The third kappa shape index (κ3) is 3.24. The van der Waals surface area contributed by atoms with E-state index in [2.05, 4.69) is 51.4 Å². The normalized spacial score (nSPS) is 15.0. The Hall–Kier alpha value is -1.88. The third-order valence-electron chi connectivity index (χ3n) is 3.71. The van der Waals surface area contributed by atoms with Crippen LogP contribution in [0.3, 0.4) is 0 Å². The average molecular weight is 300 g/mol. The Balaban J connectivity index is 1.65. The molecule has 0 aliphatic carbocycles. The average Bonchev–Trinajstić information content (AvgIpc) is 2.93. The highest BCUT2D eigenvalue weighted by molar-refractivity contribution is 7.11. The summed E-state index contributed by atoms with van der Waals surface area (Å²) in [5, 5.41) is 4.53. The molecule has 1 aromatic carbocycles. The van der Waals surface area contributed by atoms with Crippen molar-refractivity contribution < 1.29 is 0 Å². The first-order valence-corrected chi connectivity index (χ1v) is 8.01. The Kier molecular flexibility index (Phi) is 4.20. The first kappa shape index (κ1) is 14.1. The summed E-state index contributed by atoms with van der Waals surface area (Å²) in [7, 11) is 1.84. The van der Waals surface area contributed by atoms with Crippen molar-refractivity contribution in [1.29, 1.82) is 0 Å². The van der Waals surface area contributed by atoms with Gasteiger partial charge in [0.15, 0.2) is 5.96 Å². The van der Waals surface area contributed by atoms with Crippen LogP contribution in [-0.2, 0) is 19.5 Å². The predicted molar refractivity (Wildman–Crippen MR) is 87.6 cm³/mol. The summed E-state index contributed by atoms with van der Waals surface area (Å²) in [5.41, 5.74) is 2.86. The van der Waals surface area contributed by atoms with Gasteiger partial charge in [0.2, 0.25) is 0 Å². The van der Waals surface area contributed by atoms with Gasteiger partial charge in [0.25, 0.3) is 0 Å². The summed E-state index contributed by atoms with van der Waals surface area (Å²) in [6, 6.07) is 8.66. The molecule has 1 N–H and O–H groups in total. The van der Waals surface area contributed by atoms with Gasteiger partial charge in [-0.3, -0.25) is 4.99 Å². The lowest BCUT2D eigenvalue weighted by Gasteiger charge is -2.31. The van der Waals surface area contributed by atoms with E-state index in [1.54, 1.807) is 11.3 Å². The number of aryl methyl sites for hydroxylation is 1. The van der Waals surface area contributed by atoms with Crippen LogP contribution >= 0.6 is 11.3 Å². The molecule has 21 heavy (non-hydrogen) atoms. The van der Waals surface area contributed by atoms with Crippen molar-refractivity contribution in [3.8, 4) is 0 Å². The van der Waals surface area contributed by atoms with Crippen molar-refractivity contribution in [2.24, 2.45) is 4.99 Å². The Morgan fingerprint density at radius 2 is 2.19 bits per heavy atom. The summed E-state index contributed by atoms with van der Waals surface area (Å²) in [6.45, 7) is 4.75. The molecule has 0 spiro atoms. The van der Waals surface area contributed by atoms with Gasteiger partial charge in [0.1, 0.15) is 5.01 Å². The largest absolute Gasteiger partial charge is 0.350 e. The maximum Gasteiger partial charge on any atom is 0.194 e. The summed E-state index contributed by atoms with van der Waals surface area (Å²) < 4.78 is 0. The highest BCUT2D eigenvalue weighted by Gasteiger charge is 2.18. The van der Waals surface area contributed by atoms with Crippen LogP contribution in [-0.4, -0.2) is 29.4 Å². The maximum atomic E-state index is 4.41. The second-order valence-corrected chi connectivity index (χ2v) is 6.53. The molecular weight excluding hydrogens is 280 g/mol. The van der Waals surface area contributed by atoms with Gasteiger partial charge in [-0.05, 0) is 24.5 Å². The first-order chi connectivity index (χ1) is 10.3. The molecule has 0 fully saturated rings. The fourth-order valence-corrected chi connectivity index (χ4v) is 3.37. The number of nitrogens with one attached hydrogen (secondary N) is 1. The lowest BCUT2D eigenvalue weighted by molar-refractivity contribution is 0.378. The number of aliphatic imine (C=N–C) groups is 1. The number of aromatic nitrogens is 1. The SMILES string of the molecule is CN=C(NCc1ncc(C)s1)N1CCc2ccccc2C1. The van der Waals surface area contributed by atoms with Gasteiger partial charge in [0, 0.05) is 31.2 Å². The van der Waals surface area contributed by atoms with Crippen LogP contribution in [0, 0.1) is 6.92 Å². The first-order valence-electron chi connectivity index (χ1n) is 7.20. The molecule has 0 saturated heterocycles. The molecule has 1 aromatic heterocycles. The van der Waals surface area contributed by atoms with E-state index in [1.165, 1.54) is 16.0 Å². The second-order valence-electron chi connectivity index (χ2n) is 5.21. The number of benzene rings is 1. The van der Waals surface area contributed by atoms with E-state index < -0.39 is 0 Å². The molecule has 2 aromatic rings.